The molecule has 0 unspecified atom stereocenters. The van der Waals surface area contributed by atoms with Gasteiger partial charge >= 0.3 is 0 Å². The van der Waals surface area contributed by atoms with Crippen LogP contribution in [0.3, 0.4) is 0 Å². The normalized spacial score (nSPS) is 19.1. The molecule has 0 saturated heterocycles. The molecule has 2 aliphatic rings. The third-order valence-corrected chi connectivity index (χ3v) is 12.2. The minimum atomic E-state index is -4.00. The van der Waals surface area contributed by atoms with E-state index in [4.69, 9.17) is 0 Å². The maximum atomic E-state index is 13.4. The molecule has 8 heteroatoms. The Morgan fingerprint density at radius 1 is 0.658 bits per heavy atom. The molecule has 2 aromatic rings. The predicted octanol–water partition coefficient (Wildman–Crippen LogP) is 6.22. The molecule has 0 amide bonds. The smallest absolute Gasteiger partial charge is 0.211 e. The Kier molecular flexibility index (Phi) is 6.52. The molecule has 2 aromatic carbocycles. The van der Waals surface area contributed by atoms with Crippen LogP contribution in [-0.4, -0.2) is 27.7 Å². The molecule has 0 aliphatic carbocycles. The van der Waals surface area contributed by atoms with E-state index in [-0.39, 0.29) is 30.9 Å². The van der Waals surface area contributed by atoms with Gasteiger partial charge in [-0.1, -0.05) is 17.7 Å². The first-order valence-corrected chi connectivity index (χ1v) is 15.2. The van der Waals surface area contributed by atoms with E-state index < -0.39 is 25.5 Å². The van der Waals surface area contributed by atoms with Gasteiger partial charge in [-0.25, -0.2) is 16.8 Å². The Bertz CT molecular complexity index is 1830. The fourth-order valence-corrected chi connectivity index (χ4v) is 9.09. The van der Waals surface area contributed by atoms with Gasteiger partial charge in [-0.15, -0.1) is 0 Å². The monoisotopic (exact) mass is 552 g/mol. The highest BCUT2D eigenvalue weighted by Gasteiger charge is 2.42. The molecule has 0 fully saturated rings. The van der Waals surface area contributed by atoms with E-state index in [9.17, 15) is 26.7 Å². The zero-order chi connectivity index (χ0) is 28.6. The van der Waals surface area contributed by atoms with Crippen molar-refractivity contribution in [2.24, 2.45) is 0 Å². The van der Waals surface area contributed by atoms with Gasteiger partial charge in [0.15, 0.2) is 0 Å². The summed E-state index contributed by atoms with van der Waals surface area (Å²) in [5.74, 6) is -0.839. The summed E-state index contributed by atoms with van der Waals surface area (Å²) in [5.41, 5.74) is 7.13. The summed E-state index contributed by atoms with van der Waals surface area (Å²) < 4.78 is 53.4. The third kappa shape index (κ3) is 3.68. The van der Waals surface area contributed by atoms with E-state index >= 15 is 0 Å². The lowest BCUT2D eigenvalue weighted by atomic mass is 9.92. The van der Waals surface area contributed by atoms with Gasteiger partial charge in [-0.3, -0.25) is 4.79 Å². The molecule has 6 nitrogen and oxygen atoms in total. The van der Waals surface area contributed by atoms with Gasteiger partial charge in [0.2, 0.25) is 25.5 Å². The number of allylic oxidation sites excluding steroid dienone is 6. The zero-order valence-corrected chi connectivity index (χ0v) is 24.7. The average molecular weight is 553 g/mol. The first-order valence-electron chi connectivity index (χ1n) is 12.2. The summed E-state index contributed by atoms with van der Waals surface area (Å²) in [6.07, 6.45) is 5.54. The number of hydrogen-bond donors (Lipinski definition) is 1. The van der Waals surface area contributed by atoms with E-state index in [1.54, 1.807) is 34.6 Å². The minimum absolute atomic E-state index is 0.0668. The number of benzene rings is 2. The topological polar surface area (TPSA) is 106 Å². The van der Waals surface area contributed by atoms with Gasteiger partial charge in [0.25, 0.3) is 0 Å². The van der Waals surface area contributed by atoms with Crippen molar-refractivity contribution in [1.82, 2.24) is 0 Å². The van der Waals surface area contributed by atoms with Crippen molar-refractivity contribution in [3.05, 3.63) is 95.3 Å². The highest BCUT2D eigenvalue weighted by molar-refractivity contribution is 7.97. The molecule has 4 rings (SSSR count). The van der Waals surface area contributed by atoms with E-state index in [2.05, 4.69) is 0 Å². The molecule has 2 aliphatic heterocycles. The summed E-state index contributed by atoms with van der Waals surface area (Å²) in [6, 6.07) is 0. The van der Waals surface area contributed by atoms with Crippen molar-refractivity contribution in [1.29, 1.82) is 0 Å². The van der Waals surface area contributed by atoms with Crippen LogP contribution in [0.4, 0.5) is 0 Å². The van der Waals surface area contributed by atoms with Crippen molar-refractivity contribution in [3.8, 4) is 0 Å². The second-order valence-corrected chi connectivity index (χ2v) is 13.9. The molecule has 200 valence electrons. The van der Waals surface area contributed by atoms with Gasteiger partial charge < -0.3 is 5.11 Å². The van der Waals surface area contributed by atoms with Crippen LogP contribution < -0.4 is 0 Å². The van der Waals surface area contributed by atoms with Crippen LogP contribution in [0, 0.1) is 55.4 Å². The third-order valence-electron chi connectivity index (χ3n) is 8.29. The lowest BCUT2D eigenvalue weighted by molar-refractivity contribution is 0.104. The van der Waals surface area contributed by atoms with E-state index in [0.29, 0.717) is 33.4 Å². The van der Waals surface area contributed by atoms with Crippen LogP contribution in [0.1, 0.15) is 67.4 Å². The van der Waals surface area contributed by atoms with E-state index in [1.807, 2.05) is 27.7 Å². The van der Waals surface area contributed by atoms with E-state index in [0.717, 1.165) is 22.3 Å². The molecule has 2 heterocycles. The maximum Gasteiger partial charge on any atom is 0.211 e. The summed E-state index contributed by atoms with van der Waals surface area (Å²) >= 11 is 0. The van der Waals surface area contributed by atoms with Crippen molar-refractivity contribution in [2.75, 3.05) is 0 Å². The molecule has 0 bridgehead atoms. The van der Waals surface area contributed by atoms with Gasteiger partial charge in [-0.05, 0) is 119 Å². The number of aliphatic hydroxyl groups is 1. The predicted molar refractivity (Wildman–Crippen MR) is 150 cm³/mol. The number of carbonyl (C=O) groups is 1. The molecular formula is C30H32O6S2. The van der Waals surface area contributed by atoms with Crippen LogP contribution in [0.15, 0.2) is 49.5 Å². The highest BCUT2D eigenvalue weighted by Crippen LogP contribution is 2.45. The Morgan fingerprint density at radius 2 is 1.11 bits per heavy atom. The Hall–Kier alpha value is -3.23. The Labute approximate surface area is 224 Å². The molecule has 0 atom stereocenters. The molecular weight excluding hydrogens is 520 g/mol. The number of hydrogen-bond acceptors (Lipinski definition) is 6. The molecule has 38 heavy (non-hydrogen) atoms. The summed E-state index contributed by atoms with van der Waals surface area (Å²) in [6.45, 7) is 16.1. The number of fused-ring (bicyclic) bond motifs is 2. The fraction of sp³-hybridized carbons (Fsp3) is 0.300. The minimum Gasteiger partial charge on any atom is -0.506 e. The second kappa shape index (κ2) is 8.92. The Balaban J connectivity index is 1.76. The second-order valence-electron chi connectivity index (χ2n) is 10.2. The first kappa shape index (κ1) is 27.8. The Morgan fingerprint density at radius 3 is 1.63 bits per heavy atom. The lowest BCUT2D eigenvalue weighted by Gasteiger charge is -2.15. The number of Topliss-reactive ketones (excluding diaryl/α,β-unsaturated/α-hetero) is 1. The summed E-state index contributed by atoms with van der Waals surface area (Å²) in [5, 5.41) is 10.9. The SMILES string of the molecule is CC(C=CC1=C(O)c2c(C)c(C)c(C)c(C)c2S1(=O)=O)=CC=C1C(=O)c2c(C)c(C)c(C)c(C)c2S1(=O)=O. The average Bonchev–Trinajstić information content (AvgIpc) is 3.17. The number of carbonyl (C=O) groups excluding carboxylic acids is 1. The summed E-state index contributed by atoms with van der Waals surface area (Å²) in [7, 11) is -7.94. The molecule has 0 saturated carbocycles. The largest absolute Gasteiger partial charge is 0.506 e. The highest BCUT2D eigenvalue weighted by atomic mass is 32.2. The fourth-order valence-electron chi connectivity index (χ4n) is 5.31. The molecule has 0 aromatic heterocycles. The summed E-state index contributed by atoms with van der Waals surface area (Å²) in [4.78, 5) is 12.9. The van der Waals surface area contributed by atoms with Crippen LogP contribution >= 0.6 is 0 Å². The lowest BCUT2D eigenvalue weighted by Crippen LogP contribution is -2.05. The van der Waals surface area contributed by atoms with Crippen LogP contribution in [0.5, 0.6) is 0 Å². The van der Waals surface area contributed by atoms with Crippen LogP contribution in [0.25, 0.3) is 5.76 Å². The van der Waals surface area contributed by atoms with Crippen molar-refractivity contribution < 1.29 is 26.7 Å². The standard InChI is InChI=1S/C30H32O6S2/c1-14(10-12-23-27(31)25-19(6)15(2)17(4)21(8)29(25)37(23,33)34)11-13-24-28(32)26-20(7)16(3)18(5)22(9)30(26)38(24,35)36/h10-13,31H,1-9H3. The zero-order valence-electron chi connectivity index (χ0n) is 23.1. The van der Waals surface area contributed by atoms with Crippen molar-refractivity contribution >= 4 is 31.2 Å². The molecule has 0 spiro atoms. The number of rotatable bonds is 3. The number of aliphatic hydroxyl groups excluding tert-OH is 1. The molecule has 0 radical (unpaired) electrons. The van der Waals surface area contributed by atoms with Crippen LogP contribution in [0.2, 0.25) is 0 Å². The van der Waals surface area contributed by atoms with Crippen molar-refractivity contribution in [2.45, 2.75) is 72.1 Å². The maximum absolute atomic E-state index is 13.4. The van der Waals surface area contributed by atoms with Crippen LogP contribution in [-0.2, 0) is 19.7 Å². The number of ketones is 1. The molecule has 1 N–H and O–H groups in total. The number of sulfone groups is 2. The van der Waals surface area contributed by atoms with Gasteiger partial charge in [0.05, 0.1) is 9.79 Å². The van der Waals surface area contributed by atoms with Gasteiger partial charge in [0, 0.05) is 11.1 Å². The van der Waals surface area contributed by atoms with Gasteiger partial charge in [-0.2, -0.15) is 0 Å². The van der Waals surface area contributed by atoms with Crippen molar-refractivity contribution in [3.63, 3.8) is 0 Å². The first-order chi connectivity index (χ1) is 17.5. The van der Waals surface area contributed by atoms with Gasteiger partial charge in [0.1, 0.15) is 15.6 Å². The quantitative estimate of drug-likeness (QED) is 0.358. The van der Waals surface area contributed by atoms with E-state index in [1.165, 1.54) is 24.3 Å².